The van der Waals surface area contributed by atoms with Crippen LogP contribution < -0.4 is 10.1 Å². The van der Waals surface area contributed by atoms with Gasteiger partial charge in [0.25, 0.3) is 0 Å². The Morgan fingerprint density at radius 1 is 1.19 bits per heavy atom. The number of carbonyl (C=O) groups excluding carboxylic acids is 2. The van der Waals surface area contributed by atoms with Gasteiger partial charge >= 0.3 is 0 Å². The lowest BCUT2D eigenvalue weighted by Gasteiger charge is -2.19. The first-order chi connectivity index (χ1) is 12.2. The number of rotatable bonds is 7. The molecule has 0 fully saturated rings. The Hall–Kier alpha value is -2.21. The number of aromatic nitrogens is 1. The number of ketones is 1. The van der Waals surface area contributed by atoms with Crippen molar-refractivity contribution >= 4 is 28.2 Å². The van der Waals surface area contributed by atoms with Gasteiger partial charge in [0.15, 0.2) is 10.9 Å². The summed E-state index contributed by atoms with van der Waals surface area (Å²) in [4.78, 5) is 28.2. The van der Waals surface area contributed by atoms with E-state index in [1.807, 2.05) is 12.1 Å². The molecule has 0 saturated heterocycles. The van der Waals surface area contributed by atoms with Crippen LogP contribution in [0.5, 0.6) is 5.75 Å². The maximum absolute atomic E-state index is 12.0. The molecule has 1 N–H and O–H groups in total. The predicted molar refractivity (Wildman–Crippen MR) is 105 cm³/mol. The number of carbonyl (C=O) groups is 2. The quantitative estimate of drug-likeness (QED) is 0.561. The molecule has 0 saturated carbocycles. The van der Waals surface area contributed by atoms with Gasteiger partial charge in [-0.3, -0.25) is 9.59 Å². The third kappa shape index (κ3) is 5.66. The van der Waals surface area contributed by atoms with Crippen LogP contribution in [0, 0.1) is 6.92 Å². The summed E-state index contributed by atoms with van der Waals surface area (Å²) < 4.78 is 5.69. The molecule has 1 heterocycles. The SMILES string of the molecule is CC(=O)c1sc(NC(=O)CCCOc2ccc(C(C)(C)C)cc2)nc1C. The minimum Gasteiger partial charge on any atom is -0.494 e. The number of hydrogen-bond donors (Lipinski definition) is 1. The van der Waals surface area contributed by atoms with Crippen LogP contribution in [0.2, 0.25) is 0 Å². The number of nitrogens with zero attached hydrogens (tertiary/aromatic N) is 1. The molecule has 2 aromatic rings. The van der Waals surface area contributed by atoms with E-state index < -0.39 is 0 Å². The van der Waals surface area contributed by atoms with E-state index in [1.165, 1.54) is 23.8 Å². The summed E-state index contributed by atoms with van der Waals surface area (Å²) in [7, 11) is 0. The van der Waals surface area contributed by atoms with E-state index in [9.17, 15) is 9.59 Å². The number of nitrogens with one attached hydrogen (secondary N) is 1. The van der Waals surface area contributed by atoms with Crippen LogP contribution in [0.3, 0.4) is 0 Å². The van der Waals surface area contributed by atoms with Crippen LogP contribution in [0.1, 0.15) is 61.5 Å². The van der Waals surface area contributed by atoms with Crippen LogP contribution >= 0.6 is 11.3 Å². The van der Waals surface area contributed by atoms with Crippen LogP contribution in [-0.2, 0) is 10.2 Å². The molecule has 6 heteroatoms. The highest BCUT2D eigenvalue weighted by Gasteiger charge is 2.14. The molecule has 2 rings (SSSR count). The molecule has 1 aromatic heterocycles. The van der Waals surface area contributed by atoms with Gasteiger partial charge in [0.05, 0.1) is 17.2 Å². The lowest BCUT2D eigenvalue weighted by Crippen LogP contribution is -2.13. The first kappa shape index (κ1) is 20.1. The Balaban J connectivity index is 1.75. The average Bonchev–Trinajstić information content (AvgIpc) is 2.92. The fraction of sp³-hybridized carbons (Fsp3) is 0.450. The summed E-state index contributed by atoms with van der Waals surface area (Å²) in [6.45, 7) is 10.2. The van der Waals surface area contributed by atoms with E-state index >= 15 is 0 Å². The Morgan fingerprint density at radius 3 is 2.38 bits per heavy atom. The van der Waals surface area contributed by atoms with Gasteiger partial charge in [0.2, 0.25) is 5.91 Å². The van der Waals surface area contributed by atoms with Crippen LogP contribution in [-0.4, -0.2) is 23.3 Å². The highest BCUT2D eigenvalue weighted by atomic mass is 32.1. The van der Waals surface area contributed by atoms with Crippen molar-refractivity contribution in [3.8, 4) is 5.75 Å². The number of anilines is 1. The summed E-state index contributed by atoms with van der Waals surface area (Å²) in [6, 6.07) is 8.06. The van der Waals surface area contributed by atoms with E-state index in [4.69, 9.17) is 4.74 Å². The maximum atomic E-state index is 12.0. The van der Waals surface area contributed by atoms with Crippen molar-refractivity contribution in [3.63, 3.8) is 0 Å². The molecule has 1 aromatic carbocycles. The second-order valence-electron chi connectivity index (χ2n) is 7.26. The smallest absolute Gasteiger partial charge is 0.226 e. The third-order valence-electron chi connectivity index (χ3n) is 3.90. The topological polar surface area (TPSA) is 68.3 Å². The molecular formula is C20H26N2O3S. The second-order valence-corrected chi connectivity index (χ2v) is 8.26. The van der Waals surface area contributed by atoms with E-state index in [2.05, 4.69) is 43.2 Å². The van der Waals surface area contributed by atoms with E-state index in [0.29, 0.717) is 35.2 Å². The number of hydrogen-bond acceptors (Lipinski definition) is 5. The molecule has 0 bridgehead atoms. The van der Waals surface area contributed by atoms with Crippen LogP contribution in [0.15, 0.2) is 24.3 Å². The predicted octanol–water partition coefficient (Wildman–Crippen LogP) is 4.75. The highest BCUT2D eigenvalue weighted by Crippen LogP contribution is 2.25. The Kier molecular flexibility index (Phi) is 6.53. The Morgan fingerprint density at radius 2 is 1.85 bits per heavy atom. The van der Waals surface area contributed by atoms with Crippen molar-refractivity contribution in [1.29, 1.82) is 0 Å². The van der Waals surface area contributed by atoms with Gasteiger partial charge in [-0.05, 0) is 36.5 Å². The molecule has 0 unspecified atom stereocenters. The number of thiazole rings is 1. The standard InChI is InChI=1S/C20H26N2O3S/c1-13-18(14(2)23)26-19(21-13)22-17(24)7-6-12-25-16-10-8-15(9-11-16)20(3,4)5/h8-11H,6-7,12H2,1-5H3,(H,21,22,24). The van der Waals surface area contributed by atoms with Gasteiger partial charge in [-0.25, -0.2) is 4.98 Å². The van der Waals surface area contributed by atoms with Crippen molar-refractivity contribution in [1.82, 2.24) is 4.98 Å². The van der Waals surface area contributed by atoms with Gasteiger partial charge in [-0.1, -0.05) is 44.2 Å². The van der Waals surface area contributed by atoms with Gasteiger partial charge in [0.1, 0.15) is 5.75 Å². The van der Waals surface area contributed by atoms with E-state index in [0.717, 1.165) is 5.75 Å². The molecule has 0 spiro atoms. The summed E-state index contributed by atoms with van der Waals surface area (Å²) >= 11 is 1.21. The molecule has 1 amide bonds. The number of amides is 1. The minimum atomic E-state index is -0.125. The summed E-state index contributed by atoms with van der Waals surface area (Å²) in [5, 5.41) is 3.21. The van der Waals surface area contributed by atoms with Gasteiger partial charge < -0.3 is 10.1 Å². The molecular weight excluding hydrogens is 348 g/mol. The van der Waals surface area contributed by atoms with E-state index in [1.54, 1.807) is 6.92 Å². The van der Waals surface area contributed by atoms with Crippen molar-refractivity contribution in [2.45, 2.75) is 52.9 Å². The molecule has 5 nitrogen and oxygen atoms in total. The lowest BCUT2D eigenvalue weighted by molar-refractivity contribution is -0.116. The van der Waals surface area contributed by atoms with Gasteiger partial charge in [-0.2, -0.15) is 0 Å². The zero-order valence-electron chi connectivity index (χ0n) is 16.0. The van der Waals surface area contributed by atoms with Gasteiger partial charge in [-0.15, -0.1) is 0 Å². The average molecular weight is 375 g/mol. The molecule has 0 aliphatic carbocycles. The molecule has 0 aliphatic rings. The summed E-state index contributed by atoms with van der Waals surface area (Å²) in [5.74, 6) is 0.645. The largest absolute Gasteiger partial charge is 0.494 e. The van der Waals surface area contributed by atoms with Gasteiger partial charge in [0, 0.05) is 13.3 Å². The summed E-state index contributed by atoms with van der Waals surface area (Å²) in [6.07, 6.45) is 0.949. The summed E-state index contributed by atoms with van der Waals surface area (Å²) in [5.41, 5.74) is 2.03. The minimum absolute atomic E-state index is 0.0358. The molecule has 0 aliphatic heterocycles. The Labute approximate surface area is 158 Å². The lowest BCUT2D eigenvalue weighted by atomic mass is 9.87. The molecule has 26 heavy (non-hydrogen) atoms. The number of benzene rings is 1. The van der Waals surface area contributed by atoms with Crippen molar-refractivity contribution in [2.24, 2.45) is 0 Å². The zero-order valence-corrected chi connectivity index (χ0v) is 16.8. The first-order valence-corrected chi connectivity index (χ1v) is 9.50. The number of aryl methyl sites for hydroxylation is 1. The maximum Gasteiger partial charge on any atom is 0.226 e. The fourth-order valence-electron chi connectivity index (χ4n) is 2.43. The molecule has 140 valence electrons. The molecule has 0 radical (unpaired) electrons. The second kappa shape index (κ2) is 8.45. The normalized spacial score (nSPS) is 11.3. The van der Waals surface area contributed by atoms with Crippen LogP contribution in [0.4, 0.5) is 5.13 Å². The monoisotopic (exact) mass is 374 g/mol. The van der Waals surface area contributed by atoms with Crippen molar-refractivity contribution in [2.75, 3.05) is 11.9 Å². The van der Waals surface area contributed by atoms with E-state index in [-0.39, 0.29) is 17.1 Å². The highest BCUT2D eigenvalue weighted by molar-refractivity contribution is 7.17. The Bertz CT molecular complexity index is 773. The van der Waals surface area contributed by atoms with Crippen molar-refractivity contribution < 1.29 is 14.3 Å². The van der Waals surface area contributed by atoms with Crippen molar-refractivity contribution in [3.05, 3.63) is 40.4 Å². The van der Waals surface area contributed by atoms with Crippen LogP contribution in [0.25, 0.3) is 0 Å². The fourth-order valence-corrected chi connectivity index (χ4v) is 3.31. The molecule has 0 atom stereocenters. The zero-order chi connectivity index (χ0) is 19.3. The first-order valence-electron chi connectivity index (χ1n) is 8.68. The number of ether oxygens (including phenoxy) is 1. The third-order valence-corrected chi connectivity index (χ3v) is 5.07. The number of Topliss-reactive ketones (excluding diaryl/α,β-unsaturated/α-hetero) is 1.